The molecule has 5 nitrogen and oxygen atoms in total. The molecule has 0 radical (unpaired) electrons. The van der Waals surface area contributed by atoms with Crippen molar-refractivity contribution in [1.82, 2.24) is 14.9 Å². The van der Waals surface area contributed by atoms with E-state index in [4.69, 9.17) is 9.72 Å². The van der Waals surface area contributed by atoms with Crippen LogP contribution in [-0.4, -0.2) is 55.2 Å². The molecule has 1 aromatic heterocycles. The van der Waals surface area contributed by atoms with Gasteiger partial charge in [-0.25, -0.2) is 9.97 Å². The number of likely N-dealkylation sites (tertiary alicyclic amines) is 1. The molecule has 1 spiro atoms. The Bertz CT molecular complexity index is 517. The normalized spacial score (nSPS) is 25.6. The third-order valence-corrected chi connectivity index (χ3v) is 4.45. The first-order valence-electron chi connectivity index (χ1n) is 7.84. The number of hydrogen-bond donors (Lipinski definition) is 0. The molecule has 0 aliphatic carbocycles. The number of rotatable bonds is 3. The van der Waals surface area contributed by atoms with Gasteiger partial charge in [-0.15, -0.1) is 0 Å². The van der Waals surface area contributed by atoms with Gasteiger partial charge in [0.2, 0.25) is 5.95 Å². The first-order chi connectivity index (χ1) is 10.00. The summed E-state index contributed by atoms with van der Waals surface area (Å²) < 4.78 is 5.87. The minimum absolute atomic E-state index is 0.0656. The maximum Gasteiger partial charge on any atom is 0.225 e. The van der Waals surface area contributed by atoms with Crippen molar-refractivity contribution >= 4 is 5.95 Å². The lowest BCUT2D eigenvalue weighted by molar-refractivity contribution is 0.0501. The van der Waals surface area contributed by atoms with E-state index in [2.05, 4.69) is 23.7 Å². The average Bonchev–Trinajstić information content (AvgIpc) is 2.81. The van der Waals surface area contributed by atoms with Crippen LogP contribution < -0.4 is 4.90 Å². The van der Waals surface area contributed by atoms with Gasteiger partial charge in [-0.2, -0.15) is 0 Å². The number of nitrogens with zero attached hydrogens (tertiary/aromatic N) is 4. The summed E-state index contributed by atoms with van der Waals surface area (Å²) in [6.45, 7) is 9.35. The van der Waals surface area contributed by atoms with Crippen LogP contribution in [0.3, 0.4) is 0 Å². The molecule has 0 aromatic carbocycles. The number of anilines is 1. The third kappa shape index (κ3) is 2.77. The molecule has 3 rings (SSSR count). The minimum Gasteiger partial charge on any atom is -0.376 e. The first-order valence-corrected chi connectivity index (χ1v) is 7.84. The molecule has 1 saturated heterocycles. The molecule has 0 bridgehead atoms. The highest BCUT2D eigenvalue weighted by Gasteiger charge is 2.44. The van der Waals surface area contributed by atoms with Crippen molar-refractivity contribution in [1.29, 1.82) is 0 Å². The highest BCUT2D eigenvalue weighted by atomic mass is 16.5. The van der Waals surface area contributed by atoms with Crippen molar-refractivity contribution in [2.24, 2.45) is 5.92 Å². The highest BCUT2D eigenvalue weighted by Crippen LogP contribution is 2.39. The molecule has 1 unspecified atom stereocenters. The van der Waals surface area contributed by atoms with Crippen molar-refractivity contribution in [3.8, 4) is 0 Å². The van der Waals surface area contributed by atoms with Gasteiger partial charge in [0.15, 0.2) is 0 Å². The van der Waals surface area contributed by atoms with Crippen LogP contribution in [0.5, 0.6) is 0 Å². The molecule has 116 valence electrons. The molecular formula is C16H26N4O. The zero-order valence-corrected chi connectivity index (χ0v) is 13.6. The summed E-state index contributed by atoms with van der Waals surface area (Å²) >= 11 is 0. The van der Waals surface area contributed by atoms with E-state index in [-0.39, 0.29) is 5.41 Å². The van der Waals surface area contributed by atoms with Crippen LogP contribution in [0.25, 0.3) is 0 Å². The van der Waals surface area contributed by atoms with Crippen molar-refractivity contribution in [3.63, 3.8) is 0 Å². The van der Waals surface area contributed by atoms with Gasteiger partial charge in [-0.3, -0.25) is 0 Å². The number of hydrogen-bond acceptors (Lipinski definition) is 5. The summed E-state index contributed by atoms with van der Waals surface area (Å²) in [5, 5.41) is 0. The summed E-state index contributed by atoms with van der Waals surface area (Å²) in [6, 6.07) is 0. The predicted octanol–water partition coefficient (Wildman–Crippen LogP) is 1.67. The van der Waals surface area contributed by atoms with E-state index < -0.39 is 0 Å². The van der Waals surface area contributed by atoms with E-state index >= 15 is 0 Å². The van der Waals surface area contributed by atoms with Gasteiger partial charge in [-0.05, 0) is 18.9 Å². The van der Waals surface area contributed by atoms with Crippen molar-refractivity contribution in [2.75, 3.05) is 45.2 Å². The van der Waals surface area contributed by atoms with E-state index in [0.717, 1.165) is 38.6 Å². The zero-order valence-electron chi connectivity index (χ0n) is 13.6. The van der Waals surface area contributed by atoms with Crippen molar-refractivity contribution in [2.45, 2.75) is 32.3 Å². The first kappa shape index (κ1) is 14.7. The minimum atomic E-state index is 0.0656. The lowest BCUT2D eigenvalue weighted by Crippen LogP contribution is -2.41. The molecule has 1 fully saturated rings. The standard InChI is InChI=1S/C16H26N4O/c1-12(2)8-20-6-5-16(10-20)11-21-9-13-7-17-15(19(3)4)18-14(13)16/h7,12H,5-6,8-11H2,1-4H3. The summed E-state index contributed by atoms with van der Waals surface area (Å²) in [6.07, 6.45) is 3.08. The van der Waals surface area contributed by atoms with Crippen molar-refractivity contribution < 1.29 is 4.74 Å². The molecule has 3 heterocycles. The van der Waals surface area contributed by atoms with Gasteiger partial charge in [0, 0.05) is 38.9 Å². The van der Waals surface area contributed by atoms with E-state index in [9.17, 15) is 0 Å². The van der Waals surface area contributed by atoms with Crippen LogP contribution in [0.4, 0.5) is 5.95 Å². The highest BCUT2D eigenvalue weighted by molar-refractivity contribution is 5.37. The van der Waals surface area contributed by atoms with E-state index in [1.165, 1.54) is 11.3 Å². The summed E-state index contributed by atoms with van der Waals surface area (Å²) in [4.78, 5) is 13.8. The van der Waals surface area contributed by atoms with Crippen LogP contribution in [0.1, 0.15) is 31.5 Å². The summed E-state index contributed by atoms with van der Waals surface area (Å²) in [5.74, 6) is 1.50. The second-order valence-electron chi connectivity index (χ2n) is 7.09. The quantitative estimate of drug-likeness (QED) is 0.847. The van der Waals surface area contributed by atoms with E-state index in [0.29, 0.717) is 12.5 Å². The SMILES string of the molecule is CC(C)CN1CCC2(COCc3cnc(N(C)C)nc32)C1. The average molecular weight is 290 g/mol. The van der Waals surface area contributed by atoms with Gasteiger partial charge in [0.25, 0.3) is 0 Å². The number of ether oxygens (including phenoxy) is 1. The predicted molar refractivity (Wildman–Crippen MR) is 83.6 cm³/mol. The monoisotopic (exact) mass is 290 g/mol. The Balaban J connectivity index is 1.91. The molecule has 21 heavy (non-hydrogen) atoms. The van der Waals surface area contributed by atoms with Gasteiger partial charge in [0.1, 0.15) is 0 Å². The van der Waals surface area contributed by atoms with E-state index in [1.54, 1.807) is 0 Å². The Kier molecular flexibility index (Phi) is 3.88. The van der Waals surface area contributed by atoms with Crippen LogP contribution >= 0.6 is 0 Å². The van der Waals surface area contributed by atoms with Gasteiger partial charge in [-0.1, -0.05) is 13.8 Å². The Labute approximate surface area is 127 Å². The second-order valence-corrected chi connectivity index (χ2v) is 7.09. The van der Waals surface area contributed by atoms with Crippen molar-refractivity contribution in [3.05, 3.63) is 17.5 Å². The van der Waals surface area contributed by atoms with Crippen LogP contribution in [0, 0.1) is 5.92 Å². The van der Waals surface area contributed by atoms with E-state index in [1.807, 2.05) is 25.2 Å². The van der Waals surface area contributed by atoms with Gasteiger partial charge >= 0.3 is 0 Å². The maximum atomic E-state index is 5.87. The Morgan fingerprint density at radius 2 is 2.24 bits per heavy atom. The molecule has 1 atom stereocenters. The molecule has 1 aromatic rings. The molecule has 2 aliphatic rings. The fraction of sp³-hybridized carbons (Fsp3) is 0.750. The number of fused-ring (bicyclic) bond motifs is 2. The van der Waals surface area contributed by atoms with Crippen LogP contribution in [0.2, 0.25) is 0 Å². The Morgan fingerprint density at radius 1 is 1.43 bits per heavy atom. The smallest absolute Gasteiger partial charge is 0.225 e. The fourth-order valence-corrected chi connectivity index (χ4v) is 3.54. The third-order valence-electron chi connectivity index (χ3n) is 4.45. The van der Waals surface area contributed by atoms with Crippen LogP contribution in [0.15, 0.2) is 6.20 Å². The summed E-state index contributed by atoms with van der Waals surface area (Å²) in [7, 11) is 3.99. The molecule has 2 aliphatic heterocycles. The Morgan fingerprint density at radius 3 is 2.95 bits per heavy atom. The molecule has 0 amide bonds. The molecular weight excluding hydrogens is 264 g/mol. The van der Waals surface area contributed by atoms with Crippen LogP contribution in [-0.2, 0) is 16.8 Å². The fourth-order valence-electron chi connectivity index (χ4n) is 3.54. The lowest BCUT2D eigenvalue weighted by Gasteiger charge is -2.35. The summed E-state index contributed by atoms with van der Waals surface area (Å²) in [5.41, 5.74) is 2.45. The lowest BCUT2D eigenvalue weighted by atomic mass is 9.80. The zero-order chi connectivity index (χ0) is 15.0. The molecule has 5 heteroatoms. The number of aromatic nitrogens is 2. The molecule has 0 saturated carbocycles. The van der Waals surface area contributed by atoms with Gasteiger partial charge < -0.3 is 14.5 Å². The maximum absolute atomic E-state index is 5.87. The van der Waals surface area contributed by atoms with Gasteiger partial charge in [0.05, 0.1) is 24.3 Å². The second kappa shape index (κ2) is 5.54. The Hall–Kier alpha value is -1.20. The largest absolute Gasteiger partial charge is 0.376 e. The molecule has 0 N–H and O–H groups in total. The topological polar surface area (TPSA) is 41.5 Å².